The molecule has 0 saturated heterocycles. The molecule has 0 unspecified atom stereocenters. The SMILES string of the molecule is O=C(Nc1cc(-c2nnn(C3CC(F)(F)C3)n2)c(C2CC2)cc1Cl)c1cnn2ccc(Br)cc12. The standard InChI is InChI=1S/C22H17BrClF2N7O/c23-12-3-4-32-19(5-12)16(10-27-32)21(34)28-18-7-15(14(6-17(18)24)11-1-2-11)20-29-31-33(30-20)13-8-22(25,26)9-13/h3-7,10-11,13H,1-2,8-9H2,(H,28,34). The Hall–Kier alpha value is -2.92. The van der Waals surface area contributed by atoms with Crippen LogP contribution in [0.25, 0.3) is 16.9 Å². The lowest BCUT2D eigenvalue weighted by Crippen LogP contribution is -2.38. The Labute approximate surface area is 205 Å². The van der Waals surface area contributed by atoms with Crippen LogP contribution in [0, 0.1) is 0 Å². The summed E-state index contributed by atoms with van der Waals surface area (Å²) in [4.78, 5) is 14.3. The molecule has 8 nitrogen and oxygen atoms in total. The van der Waals surface area contributed by atoms with Gasteiger partial charge in [0.05, 0.1) is 34.0 Å². The molecule has 1 aromatic carbocycles. The van der Waals surface area contributed by atoms with Crippen molar-refractivity contribution in [1.29, 1.82) is 0 Å². The number of hydrogen-bond donors (Lipinski definition) is 1. The Morgan fingerprint density at radius 1 is 1.24 bits per heavy atom. The third-order valence-corrected chi connectivity index (χ3v) is 7.00. The summed E-state index contributed by atoms with van der Waals surface area (Å²) in [5, 5.41) is 20.0. The molecule has 0 aliphatic heterocycles. The van der Waals surface area contributed by atoms with E-state index in [1.807, 2.05) is 12.1 Å². The van der Waals surface area contributed by atoms with Gasteiger partial charge in [0, 0.05) is 29.1 Å². The third-order valence-electron chi connectivity index (χ3n) is 6.20. The molecule has 4 aromatic rings. The van der Waals surface area contributed by atoms with Crippen LogP contribution >= 0.6 is 27.5 Å². The van der Waals surface area contributed by atoms with Crippen LogP contribution in [-0.2, 0) is 0 Å². The number of benzene rings is 1. The van der Waals surface area contributed by atoms with Gasteiger partial charge in [0.2, 0.25) is 5.82 Å². The molecular formula is C22H17BrClF2N7O. The largest absolute Gasteiger partial charge is 0.320 e. The van der Waals surface area contributed by atoms with Crippen LogP contribution < -0.4 is 5.32 Å². The molecule has 0 radical (unpaired) electrons. The fourth-order valence-electron chi connectivity index (χ4n) is 4.21. The zero-order valence-electron chi connectivity index (χ0n) is 17.6. The lowest BCUT2D eigenvalue weighted by molar-refractivity contribution is -0.110. The molecule has 2 saturated carbocycles. The predicted octanol–water partition coefficient (Wildman–Crippen LogP) is 5.50. The molecule has 2 fully saturated rings. The van der Waals surface area contributed by atoms with Crippen LogP contribution in [0.1, 0.15) is 53.6 Å². The molecule has 0 bridgehead atoms. The molecule has 174 valence electrons. The molecule has 34 heavy (non-hydrogen) atoms. The average molecular weight is 549 g/mol. The number of alkyl halides is 2. The van der Waals surface area contributed by atoms with Gasteiger partial charge in [-0.05, 0) is 53.8 Å². The van der Waals surface area contributed by atoms with Crippen molar-refractivity contribution in [2.24, 2.45) is 0 Å². The van der Waals surface area contributed by atoms with Gasteiger partial charge in [-0.25, -0.2) is 13.3 Å². The van der Waals surface area contributed by atoms with Crippen LogP contribution in [0.2, 0.25) is 5.02 Å². The van der Waals surface area contributed by atoms with Gasteiger partial charge in [0.25, 0.3) is 11.8 Å². The monoisotopic (exact) mass is 547 g/mol. The minimum atomic E-state index is -2.68. The first-order valence-electron chi connectivity index (χ1n) is 10.7. The van der Waals surface area contributed by atoms with Crippen LogP contribution in [0.5, 0.6) is 0 Å². The number of halogens is 4. The van der Waals surface area contributed by atoms with E-state index in [0.717, 1.165) is 22.9 Å². The van der Waals surface area contributed by atoms with E-state index in [1.54, 1.807) is 22.8 Å². The quantitative estimate of drug-likeness (QED) is 0.356. The Kier molecular flexibility index (Phi) is 4.96. The summed E-state index contributed by atoms with van der Waals surface area (Å²) >= 11 is 9.95. The summed E-state index contributed by atoms with van der Waals surface area (Å²) in [6.07, 6.45) is 4.67. The van der Waals surface area contributed by atoms with E-state index in [4.69, 9.17) is 11.6 Å². The Morgan fingerprint density at radius 2 is 2.03 bits per heavy atom. The van der Waals surface area contributed by atoms with Gasteiger partial charge < -0.3 is 5.32 Å². The van der Waals surface area contributed by atoms with E-state index in [2.05, 4.69) is 41.8 Å². The normalized spacial score (nSPS) is 17.6. The second kappa shape index (κ2) is 7.81. The second-order valence-electron chi connectivity index (χ2n) is 8.73. The molecule has 3 aromatic heterocycles. The van der Waals surface area contributed by atoms with Crippen molar-refractivity contribution in [3.8, 4) is 11.4 Å². The molecule has 2 aliphatic carbocycles. The molecule has 6 rings (SSSR count). The van der Waals surface area contributed by atoms with Gasteiger partial charge in [-0.15, -0.1) is 10.2 Å². The molecule has 1 amide bonds. The van der Waals surface area contributed by atoms with Gasteiger partial charge >= 0.3 is 0 Å². The van der Waals surface area contributed by atoms with Crippen molar-refractivity contribution in [2.45, 2.75) is 43.6 Å². The highest BCUT2D eigenvalue weighted by Gasteiger charge is 2.47. The third kappa shape index (κ3) is 3.86. The molecule has 1 N–H and O–H groups in total. The van der Waals surface area contributed by atoms with Crippen molar-refractivity contribution in [3.63, 3.8) is 0 Å². The molecule has 2 aliphatic rings. The number of aromatic nitrogens is 6. The number of nitrogens with one attached hydrogen (secondary N) is 1. The van der Waals surface area contributed by atoms with Crippen molar-refractivity contribution in [3.05, 3.63) is 57.3 Å². The van der Waals surface area contributed by atoms with Gasteiger partial charge in [-0.2, -0.15) is 9.90 Å². The molecular weight excluding hydrogens is 532 g/mol. The van der Waals surface area contributed by atoms with E-state index in [0.29, 0.717) is 39.1 Å². The van der Waals surface area contributed by atoms with Crippen molar-refractivity contribution in [2.75, 3.05) is 5.32 Å². The summed E-state index contributed by atoms with van der Waals surface area (Å²) in [5.74, 6) is -2.41. The maximum absolute atomic E-state index is 13.3. The van der Waals surface area contributed by atoms with Gasteiger partial charge in [0.1, 0.15) is 0 Å². The van der Waals surface area contributed by atoms with Crippen LogP contribution in [-0.4, -0.2) is 41.7 Å². The van der Waals surface area contributed by atoms with E-state index >= 15 is 0 Å². The lowest BCUT2D eigenvalue weighted by atomic mass is 9.89. The number of pyridine rings is 1. The maximum Gasteiger partial charge on any atom is 0.259 e. The summed E-state index contributed by atoms with van der Waals surface area (Å²) in [6.45, 7) is 0. The second-order valence-corrected chi connectivity index (χ2v) is 10.1. The maximum atomic E-state index is 13.3. The first-order chi connectivity index (χ1) is 16.3. The first kappa shape index (κ1) is 21.6. The highest BCUT2D eigenvalue weighted by molar-refractivity contribution is 9.10. The van der Waals surface area contributed by atoms with E-state index < -0.39 is 12.0 Å². The highest BCUT2D eigenvalue weighted by atomic mass is 79.9. The number of tetrazole rings is 1. The number of amides is 1. The van der Waals surface area contributed by atoms with Gasteiger partial charge in [-0.1, -0.05) is 27.5 Å². The summed E-state index contributed by atoms with van der Waals surface area (Å²) < 4.78 is 29.0. The summed E-state index contributed by atoms with van der Waals surface area (Å²) in [6, 6.07) is 6.70. The van der Waals surface area contributed by atoms with Crippen LogP contribution in [0.15, 0.2) is 41.1 Å². The smallest absolute Gasteiger partial charge is 0.259 e. The van der Waals surface area contributed by atoms with E-state index in [9.17, 15) is 13.6 Å². The highest BCUT2D eigenvalue weighted by Crippen LogP contribution is 2.47. The van der Waals surface area contributed by atoms with E-state index in [1.165, 1.54) is 11.0 Å². The summed E-state index contributed by atoms with van der Waals surface area (Å²) in [7, 11) is 0. The molecule has 3 heterocycles. The van der Waals surface area contributed by atoms with Gasteiger partial charge in [0.15, 0.2) is 0 Å². The number of nitrogens with zero attached hydrogens (tertiary/aromatic N) is 6. The Morgan fingerprint density at radius 3 is 2.76 bits per heavy atom. The minimum absolute atomic E-state index is 0.296. The number of hydrogen-bond acceptors (Lipinski definition) is 5. The zero-order chi connectivity index (χ0) is 23.6. The molecule has 12 heteroatoms. The number of anilines is 1. The van der Waals surface area contributed by atoms with Gasteiger partial charge in [-0.3, -0.25) is 4.79 Å². The van der Waals surface area contributed by atoms with Crippen molar-refractivity contribution < 1.29 is 13.6 Å². The number of carbonyl (C=O) groups excluding carboxylic acids is 1. The Bertz CT molecular complexity index is 1440. The van der Waals surface area contributed by atoms with Crippen molar-refractivity contribution in [1.82, 2.24) is 29.8 Å². The topological polar surface area (TPSA) is 90.0 Å². The lowest BCUT2D eigenvalue weighted by Gasteiger charge is -2.33. The number of rotatable bonds is 5. The fraction of sp³-hybridized carbons (Fsp3) is 0.318. The predicted molar refractivity (Wildman–Crippen MR) is 124 cm³/mol. The van der Waals surface area contributed by atoms with E-state index in [-0.39, 0.29) is 18.7 Å². The minimum Gasteiger partial charge on any atom is -0.320 e. The van der Waals surface area contributed by atoms with Crippen LogP contribution in [0.3, 0.4) is 0 Å². The molecule has 0 atom stereocenters. The fourth-order valence-corrected chi connectivity index (χ4v) is 4.76. The zero-order valence-corrected chi connectivity index (χ0v) is 19.9. The number of carbonyl (C=O) groups is 1. The van der Waals surface area contributed by atoms with Crippen molar-refractivity contribution >= 4 is 44.6 Å². The average Bonchev–Trinajstić information content (AvgIpc) is 3.35. The first-order valence-corrected chi connectivity index (χ1v) is 11.9. The molecule has 0 spiro atoms. The van der Waals surface area contributed by atoms with Crippen LogP contribution in [0.4, 0.5) is 14.5 Å². The summed E-state index contributed by atoms with van der Waals surface area (Å²) in [5.41, 5.74) is 3.07. The Balaban J connectivity index is 1.33. The number of fused-ring (bicyclic) bond motifs is 1.